The van der Waals surface area contributed by atoms with Crippen LogP contribution >= 0.6 is 0 Å². The lowest BCUT2D eigenvalue weighted by atomic mass is 10.1. The Morgan fingerprint density at radius 1 is 1.58 bits per heavy atom. The Morgan fingerprint density at radius 2 is 2.26 bits per heavy atom. The zero-order valence-electron chi connectivity index (χ0n) is 10.4. The summed E-state index contributed by atoms with van der Waals surface area (Å²) in [5.74, 6) is -1.40. The summed E-state index contributed by atoms with van der Waals surface area (Å²) in [6, 6.07) is 2.51. The van der Waals surface area contributed by atoms with Gasteiger partial charge in [-0.3, -0.25) is 0 Å². The van der Waals surface area contributed by atoms with E-state index in [1.54, 1.807) is 11.5 Å². The van der Waals surface area contributed by atoms with Crippen LogP contribution in [-0.4, -0.2) is 20.6 Å². The normalized spacial score (nSPS) is 16.8. The van der Waals surface area contributed by atoms with Crippen LogP contribution in [0.1, 0.15) is 48.0 Å². The minimum absolute atomic E-state index is 0.186. The molecule has 1 heterocycles. The van der Waals surface area contributed by atoms with Crippen molar-refractivity contribution in [3.05, 3.63) is 29.3 Å². The van der Waals surface area contributed by atoms with Crippen molar-refractivity contribution in [2.24, 2.45) is 5.73 Å². The summed E-state index contributed by atoms with van der Waals surface area (Å²) in [6.07, 6.45) is 1.89. The number of aromatic nitrogens is 2. The van der Waals surface area contributed by atoms with Crippen LogP contribution in [0.2, 0.25) is 0 Å². The Hall–Kier alpha value is -1.95. The second kappa shape index (κ2) is 4.03. The number of rotatable bonds is 3. The first kappa shape index (κ1) is 12.1. The molecule has 19 heavy (non-hydrogen) atoms. The second-order valence-corrected chi connectivity index (χ2v) is 4.96. The molecule has 3 rings (SSSR count). The number of halogens is 1. The maximum atomic E-state index is 13.8. The molecule has 0 aliphatic heterocycles. The maximum Gasteiger partial charge on any atom is 0.340 e. The molecule has 6 heteroatoms. The molecular formula is C13H14FN3O2. The van der Waals surface area contributed by atoms with Gasteiger partial charge in [0.05, 0.1) is 17.1 Å². The summed E-state index contributed by atoms with van der Waals surface area (Å²) in [6.45, 7) is 1.79. The number of nitrogens with two attached hydrogens (primary N) is 1. The molecule has 3 N–H and O–H groups in total. The van der Waals surface area contributed by atoms with Crippen LogP contribution in [0.15, 0.2) is 12.1 Å². The second-order valence-electron chi connectivity index (χ2n) is 4.96. The van der Waals surface area contributed by atoms with E-state index in [0.29, 0.717) is 16.9 Å². The fraction of sp³-hybridized carbons (Fsp3) is 0.385. The topological polar surface area (TPSA) is 81.1 Å². The largest absolute Gasteiger partial charge is 0.478 e. The summed E-state index contributed by atoms with van der Waals surface area (Å²) < 4.78 is 15.6. The molecule has 1 fully saturated rings. The van der Waals surface area contributed by atoms with Gasteiger partial charge in [0, 0.05) is 6.04 Å². The van der Waals surface area contributed by atoms with Crippen molar-refractivity contribution < 1.29 is 14.3 Å². The number of benzene rings is 1. The minimum Gasteiger partial charge on any atom is -0.478 e. The van der Waals surface area contributed by atoms with E-state index in [0.717, 1.165) is 18.9 Å². The maximum absolute atomic E-state index is 13.8. The number of carboxylic acid groups (broad SMARTS) is 1. The molecule has 1 aliphatic rings. The fourth-order valence-electron chi connectivity index (χ4n) is 2.41. The minimum atomic E-state index is -1.28. The Kier molecular flexibility index (Phi) is 2.56. The van der Waals surface area contributed by atoms with Crippen molar-refractivity contribution >= 4 is 17.0 Å². The van der Waals surface area contributed by atoms with Crippen LogP contribution in [0, 0.1) is 5.82 Å². The van der Waals surface area contributed by atoms with Gasteiger partial charge in [-0.25, -0.2) is 14.2 Å². The molecule has 0 spiro atoms. The molecule has 1 aromatic heterocycles. The van der Waals surface area contributed by atoms with E-state index in [1.165, 1.54) is 6.07 Å². The Labute approximate surface area is 108 Å². The van der Waals surface area contributed by atoms with Gasteiger partial charge in [0.2, 0.25) is 0 Å². The van der Waals surface area contributed by atoms with E-state index in [-0.39, 0.29) is 17.6 Å². The summed E-state index contributed by atoms with van der Waals surface area (Å²) in [4.78, 5) is 15.7. The SMILES string of the molecule is C[C@H](N)c1nc2ccc(F)c(C(=O)O)c2n1C1CC1. The van der Waals surface area contributed by atoms with Gasteiger partial charge in [-0.2, -0.15) is 0 Å². The number of nitrogens with zero attached hydrogens (tertiary/aromatic N) is 2. The molecule has 2 aromatic rings. The van der Waals surface area contributed by atoms with E-state index in [4.69, 9.17) is 5.73 Å². The van der Waals surface area contributed by atoms with Crippen LogP contribution in [0.25, 0.3) is 11.0 Å². The third kappa shape index (κ3) is 1.79. The average Bonchev–Trinajstić information content (AvgIpc) is 3.09. The highest BCUT2D eigenvalue weighted by Gasteiger charge is 2.32. The van der Waals surface area contributed by atoms with Crippen molar-refractivity contribution in [1.29, 1.82) is 0 Å². The molecule has 0 radical (unpaired) electrons. The van der Waals surface area contributed by atoms with E-state index >= 15 is 0 Å². The molecule has 5 nitrogen and oxygen atoms in total. The molecule has 1 aromatic carbocycles. The Balaban J connectivity index is 2.40. The Bertz CT molecular complexity index is 674. The smallest absolute Gasteiger partial charge is 0.340 e. The molecular weight excluding hydrogens is 249 g/mol. The first-order valence-electron chi connectivity index (χ1n) is 6.20. The van der Waals surface area contributed by atoms with Crippen LogP contribution < -0.4 is 5.73 Å². The number of carboxylic acids is 1. The van der Waals surface area contributed by atoms with Crippen molar-refractivity contribution in [1.82, 2.24) is 9.55 Å². The Morgan fingerprint density at radius 3 is 2.79 bits per heavy atom. The number of hydrogen-bond donors (Lipinski definition) is 2. The predicted octanol–water partition coefficient (Wildman–Crippen LogP) is 2.23. The fourth-order valence-corrected chi connectivity index (χ4v) is 2.41. The van der Waals surface area contributed by atoms with Gasteiger partial charge in [-0.05, 0) is 31.9 Å². The van der Waals surface area contributed by atoms with Crippen LogP contribution in [0.5, 0.6) is 0 Å². The van der Waals surface area contributed by atoms with Gasteiger partial charge in [-0.15, -0.1) is 0 Å². The van der Waals surface area contributed by atoms with E-state index in [1.807, 2.05) is 0 Å². The quantitative estimate of drug-likeness (QED) is 0.889. The highest BCUT2D eigenvalue weighted by Crippen LogP contribution is 2.40. The molecule has 0 bridgehead atoms. The summed E-state index contributed by atoms with van der Waals surface area (Å²) >= 11 is 0. The highest BCUT2D eigenvalue weighted by atomic mass is 19.1. The van der Waals surface area contributed by atoms with E-state index in [9.17, 15) is 14.3 Å². The van der Waals surface area contributed by atoms with Gasteiger partial charge in [0.1, 0.15) is 17.2 Å². The average molecular weight is 263 g/mol. The van der Waals surface area contributed by atoms with Gasteiger partial charge in [0.25, 0.3) is 0 Å². The molecule has 100 valence electrons. The zero-order chi connectivity index (χ0) is 13.7. The van der Waals surface area contributed by atoms with Gasteiger partial charge in [-0.1, -0.05) is 0 Å². The van der Waals surface area contributed by atoms with Gasteiger partial charge in [0.15, 0.2) is 0 Å². The third-order valence-electron chi connectivity index (χ3n) is 3.36. The van der Waals surface area contributed by atoms with Crippen molar-refractivity contribution in [2.45, 2.75) is 31.8 Å². The third-order valence-corrected chi connectivity index (χ3v) is 3.36. The van der Waals surface area contributed by atoms with Crippen LogP contribution in [-0.2, 0) is 0 Å². The molecule has 0 amide bonds. The lowest BCUT2D eigenvalue weighted by molar-refractivity contribution is 0.0693. The summed E-state index contributed by atoms with van der Waals surface area (Å²) in [5, 5.41) is 9.23. The number of fused-ring (bicyclic) bond motifs is 1. The molecule has 0 saturated heterocycles. The molecule has 1 atom stereocenters. The molecule has 1 aliphatic carbocycles. The van der Waals surface area contributed by atoms with Crippen molar-refractivity contribution in [3.63, 3.8) is 0 Å². The number of hydrogen-bond acceptors (Lipinski definition) is 3. The first-order chi connectivity index (χ1) is 9.00. The summed E-state index contributed by atoms with van der Waals surface area (Å²) in [7, 11) is 0. The lowest BCUT2D eigenvalue weighted by Gasteiger charge is -2.11. The number of carbonyl (C=O) groups is 1. The molecule has 1 saturated carbocycles. The van der Waals surface area contributed by atoms with E-state index in [2.05, 4.69) is 4.98 Å². The van der Waals surface area contributed by atoms with Crippen molar-refractivity contribution in [3.8, 4) is 0 Å². The van der Waals surface area contributed by atoms with Gasteiger partial charge < -0.3 is 15.4 Å². The van der Waals surface area contributed by atoms with Crippen molar-refractivity contribution in [2.75, 3.05) is 0 Å². The highest BCUT2D eigenvalue weighted by molar-refractivity contribution is 6.01. The zero-order valence-corrected chi connectivity index (χ0v) is 10.4. The van der Waals surface area contributed by atoms with Gasteiger partial charge >= 0.3 is 5.97 Å². The monoisotopic (exact) mass is 263 g/mol. The van der Waals surface area contributed by atoms with Crippen LogP contribution in [0.4, 0.5) is 4.39 Å². The number of aromatic carboxylic acids is 1. The van der Waals surface area contributed by atoms with Crippen LogP contribution in [0.3, 0.4) is 0 Å². The lowest BCUT2D eigenvalue weighted by Crippen LogP contribution is -2.14. The summed E-state index contributed by atoms with van der Waals surface area (Å²) in [5.41, 5.74) is 6.40. The first-order valence-corrected chi connectivity index (χ1v) is 6.20. The molecule has 0 unspecified atom stereocenters. The standard InChI is InChI=1S/C13H14FN3O2/c1-6(15)12-16-9-5-4-8(14)10(13(18)19)11(9)17(12)7-2-3-7/h4-7H,2-3,15H2,1H3,(H,18,19)/t6-/m0/s1. The van der Waals surface area contributed by atoms with E-state index < -0.39 is 11.8 Å². The number of imidazole rings is 1. The predicted molar refractivity (Wildman–Crippen MR) is 67.5 cm³/mol.